The van der Waals surface area contributed by atoms with E-state index < -0.39 is 17.9 Å². The van der Waals surface area contributed by atoms with Crippen LogP contribution in [-0.2, 0) is 19.1 Å². The highest BCUT2D eigenvalue weighted by Crippen LogP contribution is 2.34. The Morgan fingerprint density at radius 1 is 1.33 bits per heavy atom. The van der Waals surface area contributed by atoms with Gasteiger partial charge in [0.15, 0.2) is 11.6 Å². The van der Waals surface area contributed by atoms with Crippen molar-refractivity contribution in [2.24, 2.45) is 5.92 Å². The first-order valence-corrected chi connectivity index (χ1v) is 8.73. The number of aromatic nitrogens is 1. The second kappa shape index (κ2) is 9.20. The van der Waals surface area contributed by atoms with E-state index in [0.29, 0.717) is 42.3 Å². The van der Waals surface area contributed by atoms with Crippen molar-refractivity contribution >= 4 is 23.7 Å². The van der Waals surface area contributed by atoms with Crippen LogP contribution in [0.1, 0.15) is 35.8 Å². The number of aliphatic carboxylic acids is 1. The minimum absolute atomic E-state index is 0.209. The van der Waals surface area contributed by atoms with Crippen LogP contribution in [0.3, 0.4) is 0 Å². The minimum atomic E-state index is -0.855. The quantitative estimate of drug-likeness (QED) is 0.501. The summed E-state index contributed by atoms with van der Waals surface area (Å²) in [6.07, 6.45) is 0.646. The number of hydrogen-bond donors (Lipinski definition) is 1. The largest absolute Gasteiger partial charge is 0.490 e. The van der Waals surface area contributed by atoms with Gasteiger partial charge in [-0.05, 0) is 20.3 Å². The van der Waals surface area contributed by atoms with E-state index in [9.17, 15) is 14.4 Å². The third kappa shape index (κ3) is 5.08. The summed E-state index contributed by atoms with van der Waals surface area (Å²) in [5.74, 6) is -1.30. The van der Waals surface area contributed by atoms with E-state index in [4.69, 9.17) is 14.6 Å². The van der Waals surface area contributed by atoms with Crippen molar-refractivity contribution < 1.29 is 33.7 Å². The molecule has 0 atom stereocenters. The third-order valence-electron chi connectivity index (χ3n) is 4.20. The van der Waals surface area contributed by atoms with Gasteiger partial charge in [-0.25, -0.2) is 9.78 Å². The monoisotopic (exact) mass is 380 g/mol. The van der Waals surface area contributed by atoms with Crippen LogP contribution >= 0.6 is 0 Å². The highest BCUT2D eigenvalue weighted by Gasteiger charge is 2.35. The molecule has 0 aromatic carbocycles. The molecule has 0 bridgehead atoms. The van der Waals surface area contributed by atoms with Gasteiger partial charge in [-0.2, -0.15) is 0 Å². The van der Waals surface area contributed by atoms with Crippen LogP contribution in [0.25, 0.3) is 0 Å². The molecule has 0 saturated carbocycles. The van der Waals surface area contributed by atoms with E-state index in [0.717, 1.165) is 0 Å². The van der Waals surface area contributed by atoms with Gasteiger partial charge < -0.3 is 24.2 Å². The lowest BCUT2D eigenvalue weighted by atomic mass is 10.0. The zero-order chi connectivity index (χ0) is 20.0. The van der Waals surface area contributed by atoms with Crippen molar-refractivity contribution in [1.29, 1.82) is 0 Å². The maximum absolute atomic E-state index is 12.1. The van der Waals surface area contributed by atoms with Gasteiger partial charge in [0, 0.05) is 25.6 Å². The highest BCUT2D eigenvalue weighted by molar-refractivity contribution is 5.91. The summed E-state index contributed by atoms with van der Waals surface area (Å²) in [4.78, 5) is 40.6. The summed E-state index contributed by atoms with van der Waals surface area (Å²) < 4.78 is 15.4. The number of nitrogens with zero attached hydrogens (tertiary/aromatic N) is 2. The second-order valence-corrected chi connectivity index (χ2v) is 6.13. The summed E-state index contributed by atoms with van der Waals surface area (Å²) >= 11 is 0. The minimum Gasteiger partial charge on any atom is -0.490 e. The summed E-state index contributed by atoms with van der Waals surface area (Å²) in [6, 6.07) is 1.56. The van der Waals surface area contributed by atoms with Crippen LogP contribution in [0.15, 0.2) is 6.07 Å². The first-order valence-electron chi connectivity index (χ1n) is 8.73. The first kappa shape index (κ1) is 20.5. The molecule has 0 spiro atoms. The van der Waals surface area contributed by atoms with Crippen molar-refractivity contribution in [3.8, 4) is 5.75 Å². The van der Waals surface area contributed by atoms with E-state index in [-0.39, 0.29) is 25.6 Å². The summed E-state index contributed by atoms with van der Waals surface area (Å²) in [5.41, 5.74) is 0.767. The molecule has 9 nitrogen and oxygen atoms in total. The topological polar surface area (TPSA) is 115 Å². The number of pyridine rings is 1. The number of anilines is 1. The fourth-order valence-corrected chi connectivity index (χ4v) is 2.63. The lowest BCUT2D eigenvalue weighted by molar-refractivity contribution is -0.142. The Hall–Kier alpha value is -2.84. The fraction of sp³-hybridized carbons (Fsp3) is 0.556. The predicted molar refractivity (Wildman–Crippen MR) is 95.0 cm³/mol. The van der Waals surface area contributed by atoms with E-state index in [1.165, 1.54) is 7.11 Å². The van der Waals surface area contributed by atoms with Gasteiger partial charge in [-0.15, -0.1) is 0 Å². The first-order chi connectivity index (χ1) is 12.9. The Labute approximate surface area is 157 Å². The zero-order valence-corrected chi connectivity index (χ0v) is 15.7. The number of carbonyl (C=O) groups is 3. The Balaban J connectivity index is 2.17. The Morgan fingerprint density at radius 3 is 2.63 bits per heavy atom. The number of aryl methyl sites for hydroxylation is 1. The molecule has 1 aromatic rings. The SMILES string of the molecule is CCOC(=O)c1cc(OCCCC(=O)OC)c(N2CC(C(=O)O)C2)nc1C. The Bertz CT molecular complexity index is 714. The lowest BCUT2D eigenvalue weighted by Gasteiger charge is -2.38. The molecule has 0 amide bonds. The van der Waals surface area contributed by atoms with Crippen LogP contribution in [-0.4, -0.2) is 61.4 Å². The molecule has 1 saturated heterocycles. The van der Waals surface area contributed by atoms with Crippen LogP contribution < -0.4 is 9.64 Å². The molecular weight excluding hydrogens is 356 g/mol. The summed E-state index contributed by atoms with van der Waals surface area (Å²) in [7, 11) is 1.32. The number of hydrogen-bond acceptors (Lipinski definition) is 8. The number of carboxylic acids is 1. The van der Waals surface area contributed by atoms with Crippen molar-refractivity contribution in [1.82, 2.24) is 4.98 Å². The third-order valence-corrected chi connectivity index (χ3v) is 4.20. The highest BCUT2D eigenvalue weighted by atomic mass is 16.5. The molecule has 1 aliphatic rings. The van der Waals surface area contributed by atoms with Crippen molar-refractivity contribution in [3.63, 3.8) is 0 Å². The fourth-order valence-electron chi connectivity index (χ4n) is 2.63. The standard InChI is InChI=1S/C18H24N2O7/c1-4-26-18(24)13-8-14(27-7-5-6-15(21)25-3)16(19-11(13)2)20-9-12(10-20)17(22)23/h8,12H,4-7,9-10H2,1-3H3,(H,22,23). The van der Waals surface area contributed by atoms with E-state index >= 15 is 0 Å². The maximum Gasteiger partial charge on any atom is 0.340 e. The molecule has 2 rings (SSSR count). The van der Waals surface area contributed by atoms with Gasteiger partial charge in [0.05, 0.1) is 37.5 Å². The zero-order valence-electron chi connectivity index (χ0n) is 15.7. The summed E-state index contributed by atoms with van der Waals surface area (Å²) in [6.45, 7) is 4.50. The normalized spacial score (nSPS) is 13.7. The molecule has 1 aromatic heterocycles. The molecule has 1 N–H and O–H groups in total. The molecule has 9 heteroatoms. The lowest BCUT2D eigenvalue weighted by Crippen LogP contribution is -2.51. The summed E-state index contributed by atoms with van der Waals surface area (Å²) in [5, 5.41) is 9.06. The van der Waals surface area contributed by atoms with Crippen LogP contribution in [0.4, 0.5) is 5.82 Å². The molecule has 27 heavy (non-hydrogen) atoms. The number of esters is 2. The predicted octanol–water partition coefficient (Wildman–Crippen LogP) is 1.42. The number of rotatable bonds is 9. The van der Waals surface area contributed by atoms with Gasteiger partial charge >= 0.3 is 17.9 Å². The van der Waals surface area contributed by atoms with Gasteiger partial charge in [0.2, 0.25) is 0 Å². The molecule has 0 unspecified atom stereocenters. The van der Waals surface area contributed by atoms with Crippen molar-refractivity contribution in [3.05, 3.63) is 17.3 Å². The molecule has 148 valence electrons. The van der Waals surface area contributed by atoms with Gasteiger partial charge in [0.1, 0.15) is 0 Å². The molecule has 1 aliphatic heterocycles. The number of methoxy groups -OCH3 is 1. The van der Waals surface area contributed by atoms with Gasteiger partial charge in [-0.3, -0.25) is 9.59 Å². The number of carboxylic acid groups (broad SMARTS) is 1. The van der Waals surface area contributed by atoms with Crippen LogP contribution in [0.2, 0.25) is 0 Å². The molecule has 0 radical (unpaired) electrons. The second-order valence-electron chi connectivity index (χ2n) is 6.13. The van der Waals surface area contributed by atoms with E-state index in [2.05, 4.69) is 9.72 Å². The van der Waals surface area contributed by atoms with Gasteiger partial charge in [0.25, 0.3) is 0 Å². The molecule has 0 aliphatic carbocycles. The van der Waals surface area contributed by atoms with Crippen LogP contribution in [0, 0.1) is 12.8 Å². The van der Waals surface area contributed by atoms with Crippen molar-refractivity contribution in [2.75, 3.05) is 38.3 Å². The van der Waals surface area contributed by atoms with E-state index in [1.807, 2.05) is 0 Å². The van der Waals surface area contributed by atoms with Gasteiger partial charge in [-0.1, -0.05) is 0 Å². The average molecular weight is 380 g/mol. The smallest absolute Gasteiger partial charge is 0.340 e. The Morgan fingerprint density at radius 2 is 2.04 bits per heavy atom. The molecular formula is C18H24N2O7. The average Bonchev–Trinajstić information content (AvgIpc) is 2.58. The Kier molecular flexibility index (Phi) is 6.98. The van der Waals surface area contributed by atoms with Crippen LogP contribution in [0.5, 0.6) is 5.75 Å². The maximum atomic E-state index is 12.1. The number of ether oxygens (including phenoxy) is 3. The number of carbonyl (C=O) groups excluding carboxylic acids is 2. The molecule has 2 heterocycles. The van der Waals surface area contributed by atoms with Crippen molar-refractivity contribution in [2.45, 2.75) is 26.7 Å². The van der Waals surface area contributed by atoms with E-state index in [1.54, 1.807) is 24.8 Å². The molecule has 1 fully saturated rings.